The molecular formula is C9H17N3. The Morgan fingerprint density at radius 3 is 2.42 bits per heavy atom. The van der Waals surface area contributed by atoms with Crippen LogP contribution in [0.4, 0.5) is 0 Å². The molecule has 1 saturated heterocycles. The molecule has 0 aromatic heterocycles. The molecule has 0 unspecified atom stereocenters. The highest BCUT2D eigenvalue weighted by molar-refractivity contribution is 5.79. The molecule has 1 aliphatic carbocycles. The fraction of sp³-hybridized carbons (Fsp3) is 0.889. The summed E-state index contributed by atoms with van der Waals surface area (Å²) in [7, 11) is 0. The van der Waals surface area contributed by atoms with E-state index in [0.717, 1.165) is 19.0 Å². The molecule has 0 atom stereocenters. The first-order valence-corrected chi connectivity index (χ1v) is 4.82. The van der Waals surface area contributed by atoms with E-state index in [1.807, 2.05) is 0 Å². The zero-order valence-corrected chi connectivity index (χ0v) is 7.88. The number of rotatable bonds is 2. The summed E-state index contributed by atoms with van der Waals surface area (Å²) in [4.78, 5) is 4.43. The van der Waals surface area contributed by atoms with Crippen LogP contribution in [0.2, 0.25) is 0 Å². The average molecular weight is 167 g/mol. The van der Waals surface area contributed by atoms with Crippen LogP contribution in [0.25, 0.3) is 0 Å². The van der Waals surface area contributed by atoms with Crippen LogP contribution < -0.4 is 0 Å². The van der Waals surface area contributed by atoms with Crippen LogP contribution in [0.1, 0.15) is 26.7 Å². The number of nitrogens with zero attached hydrogens (tertiary/aromatic N) is 2. The SMILES string of the molecule is CC(C)N1CCN(C2CC2)C1=N. The summed E-state index contributed by atoms with van der Waals surface area (Å²) in [5.41, 5.74) is 0. The maximum atomic E-state index is 7.92. The van der Waals surface area contributed by atoms with E-state index in [9.17, 15) is 0 Å². The van der Waals surface area contributed by atoms with Gasteiger partial charge in [0.05, 0.1) is 0 Å². The molecule has 0 aromatic rings. The lowest BCUT2D eigenvalue weighted by molar-refractivity contribution is 0.381. The lowest BCUT2D eigenvalue weighted by Crippen LogP contribution is -2.37. The van der Waals surface area contributed by atoms with E-state index in [0.29, 0.717) is 12.1 Å². The standard InChI is InChI=1S/C9H17N3/c1-7(2)11-5-6-12(9(11)10)8-3-4-8/h7-8,10H,3-6H2,1-2H3. The van der Waals surface area contributed by atoms with Crippen molar-refractivity contribution in [1.29, 1.82) is 5.41 Å². The minimum atomic E-state index is 0.487. The van der Waals surface area contributed by atoms with E-state index in [2.05, 4.69) is 23.6 Å². The van der Waals surface area contributed by atoms with Crippen LogP contribution in [0.15, 0.2) is 0 Å². The van der Waals surface area contributed by atoms with Crippen LogP contribution in [-0.2, 0) is 0 Å². The molecule has 1 aliphatic heterocycles. The minimum Gasteiger partial charge on any atom is -0.339 e. The smallest absolute Gasteiger partial charge is 0.194 e. The summed E-state index contributed by atoms with van der Waals surface area (Å²) in [6, 6.07) is 1.20. The van der Waals surface area contributed by atoms with E-state index in [1.165, 1.54) is 12.8 Å². The highest BCUT2D eigenvalue weighted by atomic mass is 15.4. The average Bonchev–Trinajstić information content (AvgIpc) is 2.75. The number of hydrogen-bond donors (Lipinski definition) is 1. The van der Waals surface area contributed by atoms with Gasteiger partial charge in [-0.25, -0.2) is 0 Å². The van der Waals surface area contributed by atoms with Crippen molar-refractivity contribution in [3.63, 3.8) is 0 Å². The first kappa shape index (κ1) is 7.90. The highest BCUT2D eigenvalue weighted by Gasteiger charge is 2.37. The Morgan fingerprint density at radius 2 is 2.00 bits per heavy atom. The second kappa shape index (κ2) is 2.64. The monoisotopic (exact) mass is 167 g/mol. The maximum Gasteiger partial charge on any atom is 0.194 e. The molecule has 1 heterocycles. The Morgan fingerprint density at radius 1 is 1.33 bits per heavy atom. The van der Waals surface area contributed by atoms with Gasteiger partial charge in [-0.3, -0.25) is 5.41 Å². The zero-order valence-electron chi connectivity index (χ0n) is 7.88. The molecule has 0 aromatic carbocycles. The number of nitrogens with one attached hydrogen (secondary N) is 1. The van der Waals surface area contributed by atoms with Crippen LogP contribution in [0.3, 0.4) is 0 Å². The van der Waals surface area contributed by atoms with Gasteiger partial charge in [-0.1, -0.05) is 0 Å². The van der Waals surface area contributed by atoms with Crippen molar-refractivity contribution >= 4 is 5.96 Å². The Kier molecular flexibility index (Phi) is 1.74. The highest BCUT2D eigenvalue weighted by Crippen LogP contribution is 2.29. The van der Waals surface area contributed by atoms with Crippen molar-refractivity contribution in [3.05, 3.63) is 0 Å². The van der Waals surface area contributed by atoms with Crippen molar-refractivity contribution in [1.82, 2.24) is 9.80 Å². The fourth-order valence-corrected chi connectivity index (χ4v) is 1.84. The predicted octanol–water partition coefficient (Wildman–Crippen LogP) is 1.11. The van der Waals surface area contributed by atoms with Gasteiger partial charge in [0.25, 0.3) is 0 Å². The first-order valence-electron chi connectivity index (χ1n) is 4.82. The van der Waals surface area contributed by atoms with E-state index < -0.39 is 0 Å². The Hall–Kier alpha value is -0.730. The second-order valence-corrected chi connectivity index (χ2v) is 4.04. The lowest BCUT2D eigenvalue weighted by Gasteiger charge is -2.24. The van der Waals surface area contributed by atoms with E-state index in [-0.39, 0.29) is 0 Å². The molecule has 3 nitrogen and oxygen atoms in total. The largest absolute Gasteiger partial charge is 0.339 e. The Balaban J connectivity index is 2.00. The van der Waals surface area contributed by atoms with E-state index >= 15 is 0 Å². The normalized spacial score (nSPS) is 24.4. The van der Waals surface area contributed by atoms with Gasteiger partial charge in [-0.15, -0.1) is 0 Å². The maximum absolute atomic E-state index is 7.92. The van der Waals surface area contributed by atoms with Gasteiger partial charge in [-0.05, 0) is 26.7 Å². The summed E-state index contributed by atoms with van der Waals surface area (Å²) in [5.74, 6) is 0.757. The molecule has 1 N–H and O–H groups in total. The molecule has 68 valence electrons. The summed E-state index contributed by atoms with van der Waals surface area (Å²) in [5, 5.41) is 7.92. The predicted molar refractivity (Wildman–Crippen MR) is 49.3 cm³/mol. The van der Waals surface area contributed by atoms with E-state index in [1.54, 1.807) is 0 Å². The Labute approximate surface area is 73.9 Å². The summed E-state index contributed by atoms with van der Waals surface area (Å²) in [6.45, 7) is 6.44. The summed E-state index contributed by atoms with van der Waals surface area (Å²) >= 11 is 0. The molecule has 0 amide bonds. The van der Waals surface area contributed by atoms with Crippen molar-refractivity contribution in [3.8, 4) is 0 Å². The molecule has 0 radical (unpaired) electrons. The van der Waals surface area contributed by atoms with Crippen LogP contribution in [-0.4, -0.2) is 40.9 Å². The van der Waals surface area contributed by atoms with Crippen molar-refractivity contribution in [2.75, 3.05) is 13.1 Å². The Bertz CT molecular complexity index is 184. The molecule has 2 aliphatic rings. The van der Waals surface area contributed by atoms with Crippen LogP contribution in [0, 0.1) is 5.41 Å². The van der Waals surface area contributed by atoms with E-state index in [4.69, 9.17) is 5.41 Å². The molecule has 12 heavy (non-hydrogen) atoms. The lowest BCUT2D eigenvalue weighted by atomic mass is 10.3. The van der Waals surface area contributed by atoms with Crippen molar-refractivity contribution in [2.45, 2.75) is 38.8 Å². The van der Waals surface area contributed by atoms with Gasteiger partial charge >= 0.3 is 0 Å². The second-order valence-electron chi connectivity index (χ2n) is 4.04. The number of hydrogen-bond acceptors (Lipinski definition) is 1. The summed E-state index contributed by atoms with van der Waals surface area (Å²) < 4.78 is 0. The van der Waals surface area contributed by atoms with Gasteiger partial charge in [0, 0.05) is 25.2 Å². The van der Waals surface area contributed by atoms with Gasteiger partial charge in [0.15, 0.2) is 5.96 Å². The molecule has 2 fully saturated rings. The fourth-order valence-electron chi connectivity index (χ4n) is 1.84. The molecular weight excluding hydrogens is 150 g/mol. The van der Waals surface area contributed by atoms with Crippen molar-refractivity contribution in [2.24, 2.45) is 0 Å². The minimum absolute atomic E-state index is 0.487. The molecule has 3 heteroatoms. The third-order valence-corrected chi connectivity index (χ3v) is 2.74. The molecule has 1 saturated carbocycles. The third kappa shape index (κ3) is 1.17. The summed E-state index contributed by atoms with van der Waals surface area (Å²) in [6.07, 6.45) is 2.60. The number of guanidine groups is 1. The van der Waals surface area contributed by atoms with Crippen LogP contribution in [0.5, 0.6) is 0 Å². The van der Waals surface area contributed by atoms with Gasteiger partial charge < -0.3 is 9.80 Å². The van der Waals surface area contributed by atoms with Crippen LogP contribution >= 0.6 is 0 Å². The van der Waals surface area contributed by atoms with Gasteiger partial charge in [0.1, 0.15) is 0 Å². The third-order valence-electron chi connectivity index (χ3n) is 2.74. The molecule has 0 bridgehead atoms. The van der Waals surface area contributed by atoms with Gasteiger partial charge in [-0.2, -0.15) is 0 Å². The molecule has 2 rings (SSSR count). The molecule has 0 spiro atoms. The van der Waals surface area contributed by atoms with Gasteiger partial charge in [0.2, 0.25) is 0 Å². The quantitative estimate of drug-likeness (QED) is 0.667. The topological polar surface area (TPSA) is 30.3 Å². The zero-order chi connectivity index (χ0) is 8.72. The first-order chi connectivity index (χ1) is 5.70. The van der Waals surface area contributed by atoms with Crippen molar-refractivity contribution < 1.29 is 0 Å².